The van der Waals surface area contributed by atoms with Gasteiger partial charge in [0.15, 0.2) is 5.82 Å². The van der Waals surface area contributed by atoms with E-state index in [4.69, 9.17) is 15.6 Å². The molecule has 1 unspecified atom stereocenters. The summed E-state index contributed by atoms with van der Waals surface area (Å²) in [4.78, 5) is 15.4. The van der Waals surface area contributed by atoms with Crippen molar-refractivity contribution in [2.24, 2.45) is 5.92 Å². The highest BCUT2D eigenvalue weighted by molar-refractivity contribution is 5.73. The molecule has 3 aliphatic heterocycles. The molecular formula is C16H19F3N6O3. The molecule has 4 N–H and O–H groups in total. The van der Waals surface area contributed by atoms with E-state index in [9.17, 15) is 18.3 Å². The average Bonchev–Trinajstić information content (AvgIpc) is 3.13. The number of anilines is 1. The summed E-state index contributed by atoms with van der Waals surface area (Å²) in [6.45, 7) is 2.77. The molecule has 152 valence electrons. The molecule has 3 fully saturated rings. The van der Waals surface area contributed by atoms with Gasteiger partial charge < -0.3 is 20.8 Å². The Bertz CT molecular complexity index is 850. The Kier molecular flexibility index (Phi) is 5.26. The molecule has 2 bridgehead atoms. The Balaban J connectivity index is 0.000000279. The van der Waals surface area contributed by atoms with Crippen molar-refractivity contribution < 1.29 is 28.2 Å². The Labute approximate surface area is 157 Å². The highest BCUT2D eigenvalue weighted by Gasteiger charge is 2.48. The lowest BCUT2D eigenvalue weighted by molar-refractivity contribution is -0.192. The van der Waals surface area contributed by atoms with E-state index in [0.29, 0.717) is 23.7 Å². The van der Waals surface area contributed by atoms with Crippen LogP contribution in [0.15, 0.2) is 24.5 Å². The first-order valence-electron chi connectivity index (χ1n) is 8.49. The number of alkyl halides is 3. The maximum absolute atomic E-state index is 11.0. The maximum atomic E-state index is 11.0. The van der Waals surface area contributed by atoms with Gasteiger partial charge in [-0.25, -0.2) is 14.5 Å². The molecule has 12 heteroatoms. The van der Waals surface area contributed by atoms with Crippen molar-refractivity contribution in [3.8, 4) is 5.82 Å². The molecule has 28 heavy (non-hydrogen) atoms. The maximum Gasteiger partial charge on any atom is 0.490 e. The molecule has 0 saturated carbocycles. The zero-order valence-electron chi connectivity index (χ0n) is 14.7. The lowest BCUT2D eigenvalue weighted by atomic mass is 9.74. The van der Waals surface area contributed by atoms with E-state index in [2.05, 4.69) is 20.2 Å². The smallest absolute Gasteiger partial charge is 0.475 e. The van der Waals surface area contributed by atoms with Gasteiger partial charge in [-0.1, -0.05) is 5.21 Å². The van der Waals surface area contributed by atoms with Gasteiger partial charge in [0.25, 0.3) is 0 Å². The minimum atomic E-state index is -5.08. The number of carboxylic acid groups (broad SMARTS) is 1. The molecule has 9 nitrogen and oxygen atoms in total. The molecule has 0 aliphatic carbocycles. The lowest BCUT2D eigenvalue weighted by Crippen LogP contribution is -2.57. The van der Waals surface area contributed by atoms with E-state index in [-0.39, 0.29) is 5.92 Å². The standard InChI is InChI=1S/C14H18N6O.C2HF3O2/c15-11-1-4-16-13(7-11)20-8-12(17-18-20)14(21)9-19-5-2-10(14)3-6-19;3-2(4,5)1(6)7/h1,4,7-8,10,21H,2-3,5-6,9H2,(H2,15,16);(H,6,7). The Morgan fingerprint density at radius 3 is 2.46 bits per heavy atom. The molecule has 5 rings (SSSR count). The van der Waals surface area contributed by atoms with Crippen LogP contribution in [0.5, 0.6) is 0 Å². The van der Waals surface area contributed by atoms with Crippen LogP contribution in [-0.2, 0) is 10.4 Å². The van der Waals surface area contributed by atoms with Crippen LogP contribution in [0.4, 0.5) is 18.9 Å². The number of aliphatic carboxylic acids is 1. The number of carbonyl (C=O) groups is 1. The fourth-order valence-electron chi connectivity index (χ4n) is 3.46. The topological polar surface area (TPSA) is 130 Å². The van der Waals surface area contributed by atoms with E-state index in [1.54, 1.807) is 29.2 Å². The monoisotopic (exact) mass is 400 g/mol. The van der Waals surface area contributed by atoms with Crippen molar-refractivity contribution in [2.45, 2.75) is 24.6 Å². The summed E-state index contributed by atoms with van der Waals surface area (Å²) >= 11 is 0. The first kappa shape index (κ1) is 20.0. The summed E-state index contributed by atoms with van der Waals surface area (Å²) in [5.74, 6) is -1.88. The van der Waals surface area contributed by atoms with E-state index >= 15 is 0 Å². The first-order valence-corrected chi connectivity index (χ1v) is 8.49. The fraction of sp³-hybridized carbons (Fsp3) is 0.500. The average molecular weight is 400 g/mol. The summed E-state index contributed by atoms with van der Waals surface area (Å²) in [6.07, 6.45) is 0.346. The predicted molar refractivity (Wildman–Crippen MR) is 90.3 cm³/mol. The van der Waals surface area contributed by atoms with E-state index < -0.39 is 17.7 Å². The van der Waals surface area contributed by atoms with Crippen LogP contribution in [0.1, 0.15) is 18.5 Å². The van der Waals surface area contributed by atoms with Crippen LogP contribution in [0.25, 0.3) is 5.82 Å². The van der Waals surface area contributed by atoms with E-state index in [0.717, 1.165) is 25.9 Å². The van der Waals surface area contributed by atoms with Crippen LogP contribution in [0.3, 0.4) is 0 Å². The third kappa shape index (κ3) is 4.07. The number of nitrogens with two attached hydrogens (primary N) is 1. The number of hydrogen-bond acceptors (Lipinski definition) is 7. The highest BCUT2D eigenvalue weighted by atomic mass is 19.4. The SMILES string of the molecule is Nc1ccnc(-n2cc(C3(O)CN4CCC3CC4)nn2)c1.O=C(O)C(F)(F)F. The largest absolute Gasteiger partial charge is 0.490 e. The fourth-order valence-corrected chi connectivity index (χ4v) is 3.46. The van der Waals surface area contributed by atoms with E-state index in [1.807, 2.05) is 0 Å². The number of piperidine rings is 3. The molecule has 2 aromatic rings. The molecule has 0 amide bonds. The number of pyridine rings is 1. The molecule has 3 aliphatic rings. The van der Waals surface area contributed by atoms with Crippen molar-refractivity contribution in [3.63, 3.8) is 0 Å². The number of nitrogen functional groups attached to an aromatic ring is 1. The van der Waals surface area contributed by atoms with Crippen molar-refractivity contribution in [3.05, 3.63) is 30.2 Å². The molecule has 5 heterocycles. The van der Waals surface area contributed by atoms with Gasteiger partial charge in [-0.2, -0.15) is 13.2 Å². The van der Waals surface area contributed by atoms with Crippen molar-refractivity contribution >= 4 is 11.7 Å². The second kappa shape index (κ2) is 7.36. The number of rotatable bonds is 2. The zero-order valence-corrected chi connectivity index (χ0v) is 14.7. The van der Waals surface area contributed by atoms with Crippen LogP contribution in [0.2, 0.25) is 0 Å². The van der Waals surface area contributed by atoms with Crippen molar-refractivity contribution in [2.75, 3.05) is 25.4 Å². The van der Waals surface area contributed by atoms with Gasteiger partial charge in [0, 0.05) is 24.5 Å². The van der Waals surface area contributed by atoms with Crippen LogP contribution in [-0.4, -0.2) is 66.9 Å². The third-order valence-electron chi connectivity index (χ3n) is 4.91. The number of aliphatic hydroxyl groups is 1. The third-order valence-corrected chi connectivity index (χ3v) is 4.91. The predicted octanol–water partition coefficient (Wildman–Crippen LogP) is 0.791. The number of carboxylic acids is 1. The summed E-state index contributed by atoms with van der Waals surface area (Å²) in [5.41, 5.74) is 6.12. The second-order valence-corrected chi connectivity index (χ2v) is 6.77. The number of aromatic nitrogens is 4. The van der Waals surface area contributed by atoms with Crippen molar-refractivity contribution in [1.29, 1.82) is 0 Å². The lowest BCUT2D eigenvalue weighted by Gasteiger charge is -2.49. The normalized spacial score (nSPS) is 26.4. The van der Waals surface area contributed by atoms with Crippen LogP contribution < -0.4 is 5.73 Å². The van der Waals surface area contributed by atoms with Gasteiger partial charge in [0.1, 0.15) is 11.3 Å². The summed E-state index contributed by atoms with van der Waals surface area (Å²) in [6, 6.07) is 3.46. The molecule has 2 aromatic heterocycles. The van der Waals surface area contributed by atoms with Crippen LogP contribution >= 0.6 is 0 Å². The van der Waals surface area contributed by atoms with E-state index in [1.165, 1.54) is 0 Å². The highest BCUT2D eigenvalue weighted by Crippen LogP contribution is 2.41. The van der Waals surface area contributed by atoms with Crippen LogP contribution in [0, 0.1) is 5.92 Å². The van der Waals surface area contributed by atoms with Gasteiger partial charge in [-0.05, 0) is 37.9 Å². The summed E-state index contributed by atoms with van der Waals surface area (Å²) in [5, 5.41) is 26.5. The summed E-state index contributed by atoms with van der Waals surface area (Å²) in [7, 11) is 0. The summed E-state index contributed by atoms with van der Waals surface area (Å²) < 4.78 is 33.3. The molecule has 1 atom stereocenters. The zero-order chi connectivity index (χ0) is 20.5. The Morgan fingerprint density at radius 2 is 1.96 bits per heavy atom. The number of nitrogens with zero attached hydrogens (tertiary/aromatic N) is 5. The van der Waals surface area contributed by atoms with Crippen molar-refractivity contribution in [1.82, 2.24) is 24.9 Å². The van der Waals surface area contributed by atoms with Gasteiger partial charge in [-0.3, -0.25) is 0 Å². The molecule has 0 spiro atoms. The van der Waals surface area contributed by atoms with Gasteiger partial charge >= 0.3 is 12.1 Å². The Hall–Kier alpha value is -2.73. The minimum Gasteiger partial charge on any atom is -0.475 e. The molecular weight excluding hydrogens is 381 g/mol. The number of fused-ring (bicyclic) bond motifs is 3. The number of halogens is 3. The number of hydrogen-bond donors (Lipinski definition) is 3. The molecule has 3 saturated heterocycles. The minimum absolute atomic E-state index is 0.265. The molecule has 0 radical (unpaired) electrons. The molecule has 0 aromatic carbocycles. The van der Waals surface area contributed by atoms with Gasteiger partial charge in [0.2, 0.25) is 0 Å². The van der Waals surface area contributed by atoms with Gasteiger partial charge in [0.05, 0.1) is 6.20 Å². The second-order valence-electron chi connectivity index (χ2n) is 6.77. The quantitative estimate of drug-likeness (QED) is 0.675. The van der Waals surface area contributed by atoms with Gasteiger partial charge in [-0.15, -0.1) is 5.10 Å². The first-order chi connectivity index (χ1) is 13.1. The Morgan fingerprint density at radius 1 is 1.32 bits per heavy atom.